The quantitative estimate of drug-likeness (QED) is 0.498. The van der Waals surface area contributed by atoms with Gasteiger partial charge in [-0.2, -0.15) is 0 Å². The van der Waals surface area contributed by atoms with Gasteiger partial charge in [-0.1, -0.05) is 31.6 Å². The third kappa shape index (κ3) is 4.42. The minimum absolute atomic E-state index is 0.192. The van der Waals surface area contributed by atoms with E-state index in [-0.39, 0.29) is 6.79 Å². The second kappa shape index (κ2) is 8.83. The molecular weight excluding hydrogens is 346 g/mol. The van der Waals surface area contributed by atoms with Gasteiger partial charge in [0.05, 0.1) is 17.3 Å². The molecule has 3 rings (SSSR count). The smallest absolute Gasteiger partial charge is 0.188 e. The van der Waals surface area contributed by atoms with E-state index in [2.05, 4.69) is 30.1 Å². The van der Waals surface area contributed by atoms with Crippen LogP contribution in [0.5, 0.6) is 11.5 Å². The lowest BCUT2D eigenvalue weighted by Crippen LogP contribution is -2.00. The lowest BCUT2D eigenvalue weighted by molar-refractivity contribution is 0.0491. The average Bonchev–Trinajstić information content (AvgIpc) is 3.07. The topological polar surface area (TPSA) is 40.6 Å². The van der Waals surface area contributed by atoms with Gasteiger partial charge >= 0.3 is 0 Å². The number of aryl methyl sites for hydroxylation is 1. The van der Waals surface area contributed by atoms with Gasteiger partial charge in [-0.3, -0.25) is 0 Å². The second-order valence-corrected chi connectivity index (χ2v) is 6.96. The fraction of sp³-hybridized carbons (Fsp3) is 0.286. The van der Waals surface area contributed by atoms with Crippen molar-refractivity contribution in [1.82, 2.24) is 4.98 Å². The number of hydrogen-bond donors (Lipinski definition) is 0. The molecule has 1 heterocycles. The lowest BCUT2D eigenvalue weighted by Gasteiger charge is -2.10. The van der Waals surface area contributed by atoms with Crippen LogP contribution in [-0.2, 0) is 11.2 Å². The van der Waals surface area contributed by atoms with Crippen LogP contribution >= 0.6 is 11.3 Å². The van der Waals surface area contributed by atoms with E-state index in [1.54, 1.807) is 25.6 Å². The van der Waals surface area contributed by atoms with E-state index in [1.807, 2.05) is 30.4 Å². The third-order valence-corrected chi connectivity index (χ3v) is 4.93. The highest BCUT2D eigenvalue weighted by Crippen LogP contribution is 2.30. The van der Waals surface area contributed by atoms with Crippen LogP contribution < -0.4 is 9.47 Å². The number of aromatic nitrogens is 1. The van der Waals surface area contributed by atoms with Crippen molar-refractivity contribution >= 4 is 33.7 Å². The molecule has 0 amide bonds. The molecule has 0 unspecified atom stereocenters. The summed E-state index contributed by atoms with van der Waals surface area (Å²) < 4.78 is 17.0. The highest BCUT2D eigenvalue weighted by Gasteiger charge is 2.06. The van der Waals surface area contributed by atoms with E-state index in [0.29, 0.717) is 11.5 Å². The van der Waals surface area contributed by atoms with Gasteiger partial charge in [-0.05, 0) is 47.9 Å². The molecule has 0 bridgehead atoms. The highest BCUT2D eigenvalue weighted by atomic mass is 32.1. The summed E-state index contributed by atoms with van der Waals surface area (Å²) in [5.41, 5.74) is 3.45. The molecule has 0 radical (unpaired) electrons. The number of rotatable bonds is 8. The normalized spacial score (nSPS) is 11.3. The van der Waals surface area contributed by atoms with Crippen LogP contribution in [0.25, 0.3) is 22.4 Å². The number of ether oxygens (including phenoxy) is 3. The van der Waals surface area contributed by atoms with Crippen molar-refractivity contribution in [3.8, 4) is 11.5 Å². The number of hydrogen-bond acceptors (Lipinski definition) is 5. The molecule has 4 nitrogen and oxygen atoms in total. The molecule has 0 saturated heterocycles. The SMILES string of the molecule is CCCc1ccc2nc(/C=C/c3ccc(OCOC)c(OC)c3)sc2c1. The van der Waals surface area contributed by atoms with Gasteiger partial charge in [0.15, 0.2) is 18.3 Å². The maximum Gasteiger partial charge on any atom is 0.188 e. The molecular formula is C21H23NO3S. The van der Waals surface area contributed by atoms with E-state index in [4.69, 9.17) is 14.2 Å². The average molecular weight is 369 g/mol. The van der Waals surface area contributed by atoms with Crippen molar-refractivity contribution in [2.24, 2.45) is 0 Å². The maximum absolute atomic E-state index is 5.48. The van der Waals surface area contributed by atoms with Crippen LogP contribution in [0.1, 0.15) is 29.5 Å². The Morgan fingerprint density at radius 2 is 1.92 bits per heavy atom. The maximum atomic E-state index is 5.48. The molecule has 0 spiro atoms. The number of benzene rings is 2. The minimum Gasteiger partial charge on any atom is -0.493 e. The van der Waals surface area contributed by atoms with Crippen molar-refractivity contribution in [2.45, 2.75) is 19.8 Å². The zero-order valence-electron chi connectivity index (χ0n) is 15.3. The molecule has 3 aromatic rings. The van der Waals surface area contributed by atoms with Crippen molar-refractivity contribution in [2.75, 3.05) is 21.0 Å². The van der Waals surface area contributed by atoms with Crippen LogP contribution in [0.15, 0.2) is 36.4 Å². The predicted molar refractivity (Wildman–Crippen MR) is 108 cm³/mol. The van der Waals surface area contributed by atoms with Crippen LogP contribution in [-0.4, -0.2) is 26.0 Å². The van der Waals surface area contributed by atoms with Gasteiger partial charge in [-0.25, -0.2) is 4.98 Å². The third-order valence-electron chi connectivity index (χ3n) is 3.95. The molecule has 5 heteroatoms. The summed E-state index contributed by atoms with van der Waals surface area (Å²) in [4.78, 5) is 4.69. The van der Waals surface area contributed by atoms with Gasteiger partial charge in [0.2, 0.25) is 0 Å². The Labute approximate surface area is 158 Å². The van der Waals surface area contributed by atoms with Gasteiger partial charge in [-0.15, -0.1) is 11.3 Å². The predicted octanol–water partition coefficient (Wildman–Crippen LogP) is 5.41. The summed E-state index contributed by atoms with van der Waals surface area (Å²) in [6.45, 7) is 2.39. The van der Waals surface area contributed by atoms with E-state index in [1.165, 1.54) is 10.3 Å². The summed E-state index contributed by atoms with van der Waals surface area (Å²) in [5.74, 6) is 1.34. The largest absolute Gasteiger partial charge is 0.493 e. The van der Waals surface area contributed by atoms with Crippen LogP contribution in [0.4, 0.5) is 0 Å². The van der Waals surface area contributed by atoms with Gasteiger partial charge in [0, 0.05) is 7.11 Å². The zero-order valence-corrected chi connectivity index (χ0v) is 16.1. The summed E-state index contributed by atoms with van der Waals surface area (Å²) in [5, 5.41) is 0.993. The number of thiazole rings is 1. The van der Waals surface area contributed by atoms with Crippen molar-refractivity contribution in [3.05, 3.63) is 52.5 Å². The number of methoxy groups -OCH3 is 2. The molecule has 0 atom stereocenters. The minimum atomic E-state index is 0.192. The van der Waals surface area contributed by atoms with E-state index in [0.717, 1.165) is 28.9 Å². The molecule has 2 aromatic carbocycles. The van der Waals surface area contributed by atoms with Gasteiger partial charge in [0.25, 0.3) is 0 Å². The number of nitrogens with zero attached hydrogens (tertiary/aromatic N) is 1. The second-order valence-electron chi connectivity index (χ2n) is 5.90. The molecule has 1 aromatic heterocycles. The molecule has 0 aliphatic rings. The van der Waals surface area contributed by atoms with Crippen molar-refractivity contribution in [1.29, 1.82) is 0 Å². The summed E-state index contributed by atoms with van der Waals surface area (Å²) >= 11 is 1.71. The monoisotopic (exact) mass is 369 g/mol. The summed E-state index contributed by atoms with van der Waals surface area (Å²) in [6, 6.07) is 12.3. The molecule has 26 heavy (non-hydrogen) atoms. The van der Waals surface area contributed by atoms with Gasteiger partial charge < -0.3 is 14.2 Å². The van der Waals surface area contributed by atoms with E-state index >= 15 is 0 Å². The molecule has 0 saturated carbocycles. The van der Waals surface area contributed by atoms with E-state index < -0.39 is 0 Å². The first-order valence-electron chi connectivity index (χ1n) is 8.60. The Kier molecular flexibility index (Phi) is 6.26. The zero-order chi connectivity index (χ0) is 18.4. The molecule has 0 aliphatic heterocycles. The number of fused-ring (bicyclic) bond motifs is 1. The lowest BCUT2D eigenvalue weighted by atomic mass is 10.1. The van der Waals surface area contributed by atoms with Crippen molar-refractivity contribution < 1.29 is 14.2 Å². The Morgan fingerprint density at radius 1 is 1.04 bits per heavy atom. The molecule has 136 valence electrons. The van der Waals surface area contributed by atoms with Crippen LogP contribution in [0.3, 0.4) is 0 Å². The fourth-order valence-electron chi connectivity index (χ4n) is 2.70. The first-order valence-corrected chi connectivity index (χ1v) is 9.42. The van der Waals surface area contributed by atoms with Crippen molar-refractivity contribution in [3.63, 3.8) is 0 Å². The summed E-state index contributed by atoms with van der Waals surface area (Å²) in [6.07, 6.45) is 6.33. The Bertz CT molecular complexity index is 901. The molecule has 0 N–H and O–H groups in total. The van der Waals surface area contributed by atoms with Crippen LogP contribution in [0.2, 0.25) is 0 Å². The Morgan fingerprint density at radius 3 is 2.69 bits per heavy atom. The molecule has 0 aliphatic carbocycles. The first-order chi connectivity index (χ1) is 12.7. The standard InChI is InChI=1S/C21H23NO3S/c1-4-5-15-6-9-17-20(13-15)26-21(22-17)11-8-16-7-10-18(25-14-23-2)19(12-16)24-3/h6-13H,4-5,14H2,1-3H3/b11-8+. The summed E-state index contributed by atoms with van der Waals surface area (Å²) in [7, 11) is 3.22. The first kappa shape index (κ1) is 18.4. The fourth-order valence-corrected chi connectivity index (χ4v) is 3.63. The van der Waals surface area contributed by atoms with Crippen LogP contribution in [0, 0.1) is 0 Å². The van der Waals surface area contributed by atoms with E-state index in [9.17, 15) is 0 Å². The highest BCUT2D eigenvalue weighted by molar-refractivity contribution is 7.19. The van der Waals surface area contributed by atoms with Gasteiger partial charge in [0.1, 0.15) is 5.01 Å². The molecule has 0 fully saturated rings. The Balaban J connectivity index is 1.79. The Hall–Kier alpha value is -2.37.